The molecular formula is C15H19N5OS. The van der Waals surface area contributed by atoms with Gasteiger partial charge in [0.2, 0.25) is 11.7 Å². The van der Waals surface area contributed by atoms with Crippen molar-refractivity contribution >= 4 is 34.5 Å². The van der Waals surface area contributed by atoms with Gasteiger partial charge in [-0.15, -0.1) is 10.2 Å². The van der Waals surface area contributed by atoms with Gasteiger partial charge in [0.25, 0.3) is 0 Å². The van der Waals surface area contributed by atoms with Crippen LogP contribution in [0.3, 0.4) is 0 Å². The highest BCUT2D eigenvalue weighted by Crippen LogP contribution is 2.25. The molecule has 116 valence electrons. The normalized spacial score (nSPS) is 11.4. The molecule has 0 spiro atoms. The van der Waals surface area contributed by atoms with E-state index in [0.29, 0.717) is 6.42 Å². The molecule has 2 heterocycles. The summed E-state index contributed by atoms with van der Waals surface area (Å²) in [5, 5.41) is 9.43. The zero-order valence-electron chi connectivity index (χ0n) is 13.0. The summed E-state index contributed by atoms with van der Waals surface area (Å²) >= 11 is 1.64. The molecule has 3 aromatic rings. The number of carbonyl (C=O) groups excluding carboxylic acids is 1. The van der Waals surface area contributed by atoms with E-state index in [1.807, 2.05) is 23.7 Å². The summed E-state index contributed by atoms with van der Waals surface area (Å²) in [7, 11) is 5.57. The molecule has 22 heavy (non-hydrogen) atoms. The predicted octanol–water partition coefficient (Wildman–Crippen LogP) is 2.18. The Morgan fingerprint density at radius 3 is 2.68 bits per heavy atom. The zero-order chi connectivity index (χ0) is 15.7. The number of rotatable bonds is 5. The van der Waals surface area contributed by atoms with Gasteiger partial charge in [-0.1, -0.05) is 23.9 Å². The highest BCUT2D eigenvalue weighted by atomic mass is 32.2. The number of thioether (sulfide) groups is 1. The topological polar surface area (TPSA) is 55.4 Å². The van der Waals surface area contributed by atoms with E-state index in [-0.39, 0.29) is 5.91 Å². The number of hydrogen-bond donors (Lipinski definition) is 0. The standard InChI is InChI=1S/C15H19N5OS/c1-18(2)13(21)9-6-10-22-15-17-16-14-19(3)11-7-4-5-8-12(11)20(14)15/h4-5,7-8H,6,9-10H2,1-3H3. The van der Waals surface area contributed by atoms with Crippen LogP contribution in [0.15, 0.2) is 29.4 Å². The lowest BCUT2D eigenvalue weighted by atomic mass is 10.3. The lowest BCUT2D eigenvalue weighted by Gasteiger charge is -2.09. The van der Waals surface area contributed by atoms with E-state index in [9.17, 15) is 4.79 Å². The van der Waals surface area contributed by atoms with Crippen LogP contribution in [-0.4, -0.2) is 49.8 Å². The first-order valence-corrected chi connectivity index (χ1v) is 8.19. The molecule has 7 heteroatoms. The van der Waals surface area contributed by atoms with Crippen LogP contribution in [0.2, 0.25) is 0 Å². The van der Waals surface area contributed by atoms with Crippen molar-refractivity contribution < 1.29 is 4.79 Å². The number of amides is 1. The van der Waals surface area contributed by atoms with Crippen molar-refractivity contribution in [3.8, 4) is 0 Å². The summed E-state index contributed by atoms with van der Waals surface area (Å²) in [6, 6.07) is 8.19. The minimum atomic E-state index is 0.164. The first-order chi connectivity index (χ1) is 10.6. The third kappa shape index (κ3) is 2.56. The van der Waals surface area contributed by atoms with Gasteiger partial charge in [-0.2, -0.15) is 0 Å². The molecule has 0 aliphatic carbocycles. The van der Waals surface area contributed by atoms with Crippen molar-refractivity contribution in [2.45, 2.75) is 18.0 Å². The third-order valence-electron chi connectivity index (χ3n) is 3.67. The number of aromatic nitrogens is 4. The maximum Gasteiger partial charge on any atom is 0.236 e. The van der Waals surface area contributed by atoms with Crippen molar-refractivity contribution in [3.05, 3.63) is 24.3 Å². The van der Waals surface area contributed by atoms with Gasteiger partial charge in [-0.05, 0) is 18.6 Å². The summed E-state index contributed by atoms with van der Waals surface area (Å²) in [5.74, 6) is 1.86. The number of nitrogens with zero attached hydrogens (tertiary/aromatic N) is 5. The first kappa shape index (κ1) is 14.9. The van der Waals surface area contributed by atoms with Gasteiger partial charge in [-0.25, -0.2) is 0 Å². The maximum atomic E-state index is 11.6. The monoisotopic (exact) mass is 317 g/mol. The summed E-state index contributed by atoms with van der Waals surface area (Å²) in [4.78, 5) is 13.2. The first-order valence-electron chi connectivity index (χ1n) is 7.21. The molecule has 1 aromatic carbocycles. The van der Waals surface area contributed by atoms with E-state index < -0.39 is 0 Å². The number of benzene rings is 1. The van der Waals surface area contributed by atoms with Gasteiger partial charge in [-0.3, -0.25) is 9.20 Å². The van der Waals surface area contributed by atoms with Crippen molar-refractivity contribution in [2.75, 3.05) is 19.8 Å². The number of fused-ring (bicyclic) bond motifs is 3. The molecule has 1 amide bonds. The molecule has 0 saturated carbocycles. The van der Waals surface area contributed by atoms with Gasteiger partial charge in [0, 0.05) is 33.3 Å². The van der Waals surface area contributed by atoms with Crippen LogP contribution in [0.4, 0.5) is 0 Å². The Bertz CT molecular complexity index is 820. The Morgan fingerprint density at radius 2 is 1.95 bits per heavy atom. The van der Waals surface area contributed by atoms with E-state index in [1.165, 1.54) is 0 Å². The molecule has 0 bridgehead atoms. The number of aryl methyl sites for hydroxylation is 1. The van der Waals surface area contributed by atoms with Crippen molar-refractivity contribution in [1.82, 2.24) is 24.1 Å². The average molecular weight is 317 g/mol. The number of para-hydroxylation sites is 2. The number of imidazole rings is 1. The van der Waals surface area contributed by atoms with E-state index in [2.05, 4.69) is 26.7 Å². The molecule has 0 N–H and O–H groups in total. The Morgan fingerprint density at radius 1 is 1.23 bits per heavy atom. The van der Waals surface area contributed by atoms with E-state index in [0.717, 1.165) is 34.1 Å². The fourth-order valence-corrected chi connectivity index (χ4v) is 3.32. The molecule has 0 fully saturated rings. The quantitative estimate of drug-likeness (QED) is 0.535. The Balaban J connectivity index is 1.78. The zero-order valence-corrected chi connectivity index (χ0v) is 13.8. The molecular weight excluding hydrogens is 298 g/mol. The Labute approximate surface area is 133 Å². The van der Waals surface area contributed by atoms with Gasteiger partial charge in [0.15, 0.2) is 5.16 Å². The van der Waals surface area contributed by atoms with Crippen LogP contribution >= 0.6 is 11.8 Å². The van der Waals surface area contributed by atoms with Crippen LogP contribution < -0.4 is 0 Å². The van der Waals surface area contributed by atoms with Crippen LogP contribution in [0.1, 0.15) is 12.8 Å². The highest BCUT2D eigenvalue weighted by Gasteiger charge is 2.14. The van der Waals surface area contributed by atoms with Gasteiger partial charge in [0.05, 0.1) is 11.0 Å². The summed E-state index contributed by atoms with van der Waals surface area (Å²) in [6.07, 6.45) is 1.40. The average Bonchev–Trinajstić information content (AvgIpc) is 3.05. The molecule has 2 aromatic heterocycles. The summed E-state index contributed by atoms with van der Waals surface area (Å²) in [6.45, 7) is 0. The largest absolute Gasteiger partial charge is 0.349 e. The fourth-order valence-electron chi connectivity index (χ4n) is 2.44. The molecule has 6 nitrogen and oxygen atoms in total. The molecule has 0 atom stereocenters. The van der Waals surface area contributed by atoms with Crippen LogP contribution in [0, 0.1) is 0 Å². The lowest BCUT2D eigenvalue weighted by Crippen LogP contribution is -2.21. The van der Waals surface area contributed by atoms with Gasteiger partial charge < -0.3 is 9.47 Å². The molecule has 0 unspecified atom stereocenters. The summed E-state index contributed by atoms with van der Waals surface area (Å²) in [5.41, 5.74) is 2.24. The lowest BCUT2D eigenvalue weighted by molar-refractivity contribution is -0.128. The van der Waals surface area contributed by atoms with Gasteiger partial charge >= 0.3 is 0 Å². The van der Waals surface area contributed by atoms with Crippen LogP contribution in [0.5, 0.6) is 0 Å². The Kier molecular flexibility index (Phi) is 4.06. The molecule has 0 aliphatic rings. The van der Waals surface area contributed by atoms with E-state index in [1.54, 1.807) is 30.8 Å². The second-order valence-corrected chi connectivity index (χ2v) is 6.47. The van der Waals surface area contributed by atoms with E-state index in [4.69, 9.17) is 0 Å². The predicted molar refractivity (Wildman–Crippen MR) is 88.1 cm³/mol. The molecule has 3 rings (SSSR count). The van der Waals surface area contributed by atoms with Crippen molar-refractivity contribution in [1.29, 1.82) is 0 Å². The molecule has 0 saturated heterocycles. The number of hydrogen-bond acceptors (Lipinski definition) is 4. The minimum absolute atomic E-state index is 0.164. The minimum Gasteiger partial charge on any atom is -0.349 e. The van der Waals surface area contributed by atoms with Gasteiger partial charge in [0.1, 0.15) is 0 Å². The second kappa shape index (κ2) is 6.00. The highest BCUT2D eigenvalue weighted by molar-refractivity contribution is 7.99. The maximum absolute atomic E-state index is 11.6. The third-order valence-corrected chi connectivity index (χ3v) is 4.68. The Hall–Kier alpha value is -2.02. The van der Waals surface area contributed by atoms with Crippen molar-refractivity contribution in [2.24, 2.45) is 7.05 Å². The van der Waals surface area contributed by atoms with E-state index >= 15 is 0 Å². The van der Waals surface area contributed by atoms with Crippen LogP contribution in [0.25, 0.3) is 16.8 Å². The SMILES string of the molecule is CN(C)C(=O)CCCSc1nnc2n(C)c3ccccc3n12. The molecule has 0 aliphatic heterocycles. The summed E-state index contributed by atoms with van der Waals surface area (Å²) < 4.78 is 4.12. The van der Waals surface area contributed by atoms with Crippen molar-refractivity contribution in [3.63, 3.8) is 0 Å². The van der Waals surface area contributed by atoms with Crippen LogP contribution in [-0.2, 0) is 11.8 Å². The fraction of sp³-hybridized carbons (Fsp3) is 0.400. The molecule has 0 radical (unpaired) electrons. The second-order valence-electron chi connectivity index (χ2n) is 5.41. The number of carbonyl (C=O) groups is 1. The smallest absolute Gasteiger partial charge is 0.236 e.